The topological polar surface area (TPSA) is 41.8 Å². The normalized spacial score (nSPS) is 11.8. The standard InChI is InChI=1S/C14H10F3NO2/c15-14(16,17)11-4-2-6-13(8-11)20-12-5-1-3-10(7-12)9-18-19/h1-9,19H/b18-9+. The SMILES string of the molecule is O/N=C/c1cccc(Oc2cccc(C(F)(F)F)c2)c1. The molecule has 0 atom stereocenters. The Bertz CT molecular complexity index is 624. The zero-order valence-electron chi connectivity index (χ0n) is 10.1. The van der Waals surface area contributed by atoms with Crippen LogP contribution in [0.2, 0.25) is 0 Å². The predicted octanol–water partition coefficient (Wildman–Crippen LogP) is 4.31. The molecule has 2 rings (SSSR count). The number of ether oxygens (including phenoxy) is 1. The number of rotatable bonds is 3. The summed E-state index contributed by atoms with van der Waals surface area (Å²) in [6.07, 6.45) is -3.22. The van der Waals surface area contributed by atoms with Crippen LogP contribution in [-0.4, -0.2) is 11.4 Å². The van der Waals surface area contributed by atoms with Gasteiger partial charge in [0.15, 0.2) is 0 Å². The van der Waals surface area contributed by atoms with E-state index in [9.17, 15) is 13.2 Å². The second-order valence-electron chi connectivity index (χ2n) is 3.94. The van der Waals surface area contributed by atoms with E-state index in [0.29, 0.717) is 11.3 Å². The molecular weight excluding hydrogens is 271 g/mol. The Labute approximate surface area is 112 Å². The highest BCUT2D eigenvalue weighted by Crippen LogP contribution is 2.32. The summed E-state index contributed by atoms with van der Waals surface area (Å²) in [4.78, 5) is 0. The van der Waals surface area contributed by atoms with Crippen molar-refractivity contribution in [3.63, 3.8) is 0 Å². The molecule has 2 aromatic carbocycles. The summed E-state index contributed by atoms with van der Waals surface area (Å²) in [5, 5.41) is 11.3. The lowest BCUT2D eigenvalue weighted by molar-refractivity contribution is -0.137. The number of halogens is 3. The van der Waals surface area contributed by atoms with Crippen molar-refractivity contribution < 1.29 is 23.1 Å². The molecule has 3 nitrogen and oxygen atoms in total. The molecular formula is C14H10F3NO2. The third kappa shape index (κ3) is 3.50. The molecule has 0 bridgehead atoms. The van der Waals surface area contributed by atoms with Crippen LogP contribution in [0.5, 0.6) is 11.5 Å². The average molecular weight is 281 g/mol. The third-order valence-corrected chi connectivity index (χ3v) is 2.46. The molecule has 0 spiro atoms. The molecule has 0 radical (unpaired) electrons. The van der Waals surface area contributed by atoms with Gasteiger partial charge in [0.1, 0.15) is 11.5 Å². The molecule has 0 saturated heterocycles. The van der Waals surface area contributed by atoms with Crippen molar-refractivity contribution in [1.29, 1.82) is 0 Å². The molecule has 2 aromatic rings. The van der Waals surface area contributed by atoms with E-state index in [-0.39, 0.29) is 5.75 Å². The molecule has 0 amide bonds. The van der Waals surface area contributed by atoms with Gasteiger partial charge >= 0.3 is 6.18 Å². The Morgan fingerprint density at radius 2 is 1.65 bits per heavy atom. The van der Waals surface area contributed by atoms with Gasteiger partial charge in [-0.25, -0.2) is 0 Å². The van der Waals surface area contributed by atoms with E-state index in [4.69, 9.17) is 9.94 Å². The Balaban J connectivity index is 2.24. The van der Waals surface area contributed by atoms with Crippen LogP contribution in [0, 0.1) is 0 Å². The van der Waals surface area contributed by atoms with Crippen LogP contribution in [0.3, 0.4) is 0 Å². The minimum absolute atomic E-state index is 0.0814. The first kappa shape index (κ1) is 13.9. The number of nitrogens with zero attached hydrogens (tertiary/aromatic N) is 1. The van der Waals surface area contributed by atoms with Crippen molar-refractivity contribution in [3.05, 3.63) is 59.7 Å². The first-order valence-corrected chi connectivity index (χ1v) is 5.61. The molecule has 0 saturated carbocycles. The van der Waals surface area contributed by atoms with Crippen molar-refractivity contribution in [2.24, 2.45) is 5.16 Å². The van der Waals surface area contributed by atoms with Gasteiger partial charge in [-0.1, -0.05) is 23.4 Å². The van der Waals surface area contributed by atoms with E-state index >= 15 is 0 Å². The largest absolute Gasteiger partial charge is 0.457 e. The fraction of sp³-hybridized carbons (Fsp3) is 0.0714. The molecule has 0 aliphatic carbocycles. The highest BCUT2D eigenvalue weighted by Gasteiger charge is 2.30. The zero-order chi connectivity index (χ0) is 14.6. The number of hydrogen-bond acceptors (Lipinski definition) is 3. The molecule has 0 aliphatic heterocycles. The summed E-state index contributed by atoms with van der Waals surface area (Å²) in [6, 6.07) is 11.0. The predicted molar refractivity (Wildman–Crippen MR) is 67.3 cm³/mol. The van der Waals surface area contributed by atoms with Crippen molar-refractivity contribution in [3.8, 4) is 11.5 Å². The maximum absolute atomic E-state index is 12.6. The minimum Gasteiger partial charge on any atom is -0.457 e. The van der Waals surface area contributed by atoms with Gasteiger partial charge < -0.3 is 9.94 Å². The Hall–Kier alpha value is -2.50. The molecule has 1 N–H and O–H groups in total. The van der Waals surface area contributed by atoms with Gasteiger partial charge in [0.2, 0.25) is 0 Å². The summed E-state index contributed by atoms with van der Waals surface area (Å²) in [5.74, 6) is 0.430. The number of hydrogen-bond donors (Lipinski definition) is 1. The molecule has 0 aromatic heterocycles. The quantitative estimate of drug-likeness (QED) is 0.517. The first-order valence-electron chi connectivity index (χ1n) is 5.61. The maximum atomic E-state index is 12.6. The zero-order valence-corrected chi connectivity index (χ0v) is 10.1. The molecule has 0 fully saturated rings. The highest BCUT2D eigenvalue weighted by atomic mass is 19.4. The maximum Gasteiger partial charge on any atom is 0.416 e. The monoisotopic (exact) mass is 281 g/mol. The average Bonchev–Trinajstić information content (AvgIpc) is 2.39. The van der Waals surface area contributed by atoms with Crippen LogP contribution in [0.15, 0.2) is 53.7 Å². The molecule has 0 heterocycles. The van der Waals surface area contributed by atoms with Gasteiger partial charge in [0, 0.05) is 0 Å². The van der Waals surface area contributed by atoms with Gasteiger partial charge in [-0.2, -0.15) is 13.2 Å². The van der Waals surface area contributed by atoms with Gasteiger partial charge in [-0.05, 0) is 35.9 Å². The van der Waals surface area contributed by atoms with Gasteiger partial charge in [-0.15, -0.1) is 0 Å². The van der Waals surface area contributed by atoms with Crippen LogP contribution in [0.4, 0.5) is 13.2 Å². The molecule has 6 heteroatoms. The summed E-state index contributed by atoms with van der Waals surface area (Å²) in [7, 11) is 0. The van der Waals surface area contributed by atoms with E-state index in [2.05, 4.69) is 5.16 Å². The van der Waals surface area contributed by atoms with Gasteiger partial charge in [-0.3, -0.25) is 0 Å². The summed E-state index contributed by atoms with van der Waals surface area (Å²) in [6.45, 7) is 0. The van der Waals surface area contributed by atoms with Crippen LogP contribution in [-0.2, 0) is 6.18 Å². The van der Waals surface area contributed by atoms with Gasteiger partial charge in [0.05, 0.1) is 11.8 Å². The summed E-state index contributed by atoms with van der Waals surface area (Å²) in [5.41, 5.74) is -0.208. The highest BCUT2D eigenvalue weighted by molar-refractivity contribution is 5.79. The fourth-order valence-electron chi connectivity index (χ4n) is 1.60. The van der Waals surface area contributed by atoms with Crippen molar-refractivity contribution in [2.75, 3.05) is 0 Å². The molecule has 0 aliphatic rings. The van der Waals surface area contributed by atoms with E-state index < -0.39 is 11.7 Å². The van der Waals surface area contributed by atoms with Crippen LogP contribution in [0.1, 0.15) is 11.1 Å². The lowest BCUT2D eigenvalue weighted by atomic mass is 10.2. The number of benzene rings is 2. The summed E-state index contributed by atoms with van der Waals surface area (Å²) < 4.78 is 43.1. The van der Waals surface area contributed by atoms with Crippen LogP contribution >= 0.6 is 0 Å². The third-order valence-electron chi connectivity index (χ3n) is 2.46. The molecule has 20 heavy (non-hydrogen) atoms. The lowest BCUT2D eigenvalue weighted by Gasteiger charge is -2.10. The van der Waals surface area contributed by atoms with E-state index in [1.165, 1.54) is 18.3 Å². The second-order valence-corrected chi connectivity index (χ2v) is 3.94. The van der Waals surface area contributed by atoms with Crippen molar-refractivity contribution >= 4 is 6.21 Å². The van der Waals surface area contributed by atoms with Crippen molar-refractivity contribution in [1.82, 2.24) is 0 Å². The molecule has 104 valence electrons. The smallest absolute Gasteiger partial charge is 0.416 e. The van der Waals surface area contributed by atoms with Crippen molar-refractivity contribution in [2.45, 2.75) is 6.18 Å². The van der Waals surface area contributed by atoms with Gasteiger partial charge in [0.25, 0.3) is 0 Å². The minimum atomic E-state index is -4.41. The second kappa shape index (κ2) is 5.64. The van der Waals surface area contributed by atoms with Crippen LogP contribution in [0.25, 0.3) is 0 Å². The lowest BCUT2D eigenvalue weighted by Crippen LogP contribution is -2.04. The fourth-order valence-corrected chi connectivity index (χ4v) is 1.60. The van der Waals surface area contributed by atoms with E-state index in [1.54, 1.807) is 24.3 Å². The number of oxime groups is 1. The first-order chi connectivity index (χ1) is 9.49. The van der Waals surface area contributed by atoms with E-state index in [1.807, 2.05) is 0 Å². The molecule has 0 unspecified atom stereocenters. The Kier molecular flexibility index (Phi) is 3.93. The Morgan fingerprint density at radius 1 is 1.00 bits per heavy atom. The summed E-state index contributed by atoms with van der Waals surface area (Å²) >= 11 is 0. The Morgan fingerprint density at radius 3 is 2.30 bits per heavy atom. The van der Waals surface area contributed by atoms with E-state index in [0.717, 1.165) is 12.1 Å². The van der Waals surface area contributed by atoms with Crippen LogP contribution < -0.4 is 4.74 Å². The number of alkyl halides is 3.